The maximum atomic E-state index is 12.1. The molecule has 144 valence electrons. The highest BCUT2D eigenvalue weighted by Gasteiger charge is 2.42. The number of hydrogen-bond donors (Lipinski definition) is 2. The number of hydrogen-bond acceptors (Lipinski definition) is 6. The second kappa shape index (κ2) is 6.62. The first kappa shape index (κ1) is 18.5. The van der Waals surface area contributed by atoms with E-state index in [-0.39, 0.29) is 23.3 Å². The third-order valence-corrected chi connectivity index (χ3v) is 6.26. The molecule has 2 atom stereocenters. The van der Waals surface area contributed by atoms with Crippen LogP contribution in [0.4, 0.5) is 0 Å². The summed E-state index contributed by atoms with van der Waals surface area (Å²) < 4.78 is 5.88. The van der Waals surface area contributed by atoms with Crippen LogP contribution in [0.5, 0.6) is 5.75 Å². The fourth-order valence-electron chi connectivity index (χ4n) is 3.32. The number of thiazole rings is 1. The van der Waals surface area contributed by atoms with Crippen LogP contribution >= 0.6 is 11.3 Å². The Kier molecular flexibility index (Phi) is 4.37. The van der Waals surface area contributed by atoms with Crippen molar-refractivity contribution in [1.29, 1.82) is 0 Å². The molecule has 8 heteroatoms. The van der Waals surface area contributed by atoms with Gasteiger partial charge in [-0.25, -0.2) is 4.98 Å². The highest BCUT2D eigenvalue weighted by molar-refractivity contribution is 7.14. The van der Waals surface area contributed by atoms with Crippen LogP contribution in [0, 0.1) is 11.8 Å². The number of carbonyl (C=O) groups is 2. The van der Waals surface area contributed by atoms with Gasteiger partial charge in [0.1, 0.15) is 5.75 Å². The molecule has 1 saturated heterocycles. The summed E-state index contributed by atoms with van der Waals surface area (Å²) in [4.78, 5) is 30.5. The second-order valence-electron chi connectivity index (χ2n) is 7.11. The molecule has 0 unspecified atom stereocenters. The van der Waals surface area contributed by atoms with Crippen molar-refractivity contribution in [1.82, 2.24) is 9.88 Å². The van der Waals surface area contributed by atoms with E-state index in [1.54, 1.807) is 25.2 Å². The molecule has 2 aliphatic rings. The molecule has 4 rings (SSSR count). The molecule has 2 amide bonds. The van der Waals surface area contributed by atoms with Crippen molar-refractivity contribution in [3.63, 3.8) is 0 Å². The highest BCUT2D eigenvalue weighted by atomic mass is 32.1. The lowest BCUT2D eigenvalue weighted by atomic mass is 10.0. The van der Waals surface area contributed by atoms with Crippen LogP contribution in [0.3, 0.4) is 0 Å². The molecule has 0 bridgehead atoms. The molecule has 1 aromatic heterocycles. The molecule has 1 aromatic carbocycles. The number of aromatic nitrogens is 1. The van der Waals surface area contributed by atoms with E-state index in [0.29, 0.717) is 30.2 Å². The van der Waals surface area contributed by atoms with Gasteiger partial charge in [-0.15, -0.1) is 11.3 Å². The van der Waals surface area contributed by atoms with Crippen LogP contribution in [0.2, 0.25) is 0 Å². The van der Waals surface area contributed by atoms with E-state index in [9.17, 15) is 14.7 Å². The van der Waals surface area contributed by atoms with E-state index in [2.05, 4.69) is 16.8 Å². The summed E-state index contributed by atoms with van der Waals surface area (Å²) in [5, 5.41) is 10.7. The standard InChI is InChI=1S/C20H19N3O4S/c1-11-10-27-14-4-3-12(5-6-20(26)7-8-23(2)19(20)25)9-13(14)15-16(11)28-18(22-15)17(21)24/h3-4,9,11,26H,7-8,10H2,1-2H3,(H2,21,24)/t11-,20+/m1/s1. The monoisotopic (exact) mass is 397 g/mol. The minimum absolute atomic E-state index is 0.0647. The van der Waals surface area contributed by atoms with Crippen LogP contribution in [-0.4, -0.2) is 52.6 Å². The molecule has 0 aliphatic carbocycles. The van der Waals surface area contributed by atoms with Crippen LogP contribution in [-0.2, 0) is 4.79 Å². The fraction of sp³-hybridized carbons (Fsp3) is 0.350. The predicted octanol–water partition coefficient (Wildman–Crippen LogP) is 1.35. The second-order valence-corrected chi connectivity index (χ2v) is 8.14. The number of ether oxygens (including phenoxy) is 1. The van der Waals surface area contributed by atoms with Gasteiger partial charge in [0.2, 0.25) is 5.60 Å². The van der Waals surface area contributed by atoms with E-state index in [1.165, 1.54) is 16.2 Å². The minimum atomic E-state index is -1.66. The largest absolute Gasteiger partial charge is 0.492 e. The van der Waals surface area contributed by atoms with Crippen LogP contribution < -0.4 is 10.5 Å². The summed E-state index contributed by atoms with van der Waals surface area (Å²) in [6.45, 7) is 2.94. The Labute approximate surface area is 166 Å². The lowest BCUT2D eigenvalue weighted by molar-refractivity contribution is -0.137. The van der Waals surface area contributed by atoms with E-state index >= 15 is 0 Å². The Morgan fingerprint density at radius 1 is 1.50 bits per heavy atom. The van der Waals surface area contributed by atoms with Gasteiger partial charge in [-0.3, -0.25) is 9.59 Å². The first-order valence-corrected chi connectivity index (χ1v) is 9.69. The van der Waals surface area contributed by atoms with E-state index < -0.39 is 11.5 Å². The van der Waals surface area contributed by atoms with Crippen LogP contribution in [0.25, 0.3) is 11.3 Å². The first-order valence-electron chi connectivity index (χ1n) is 8.87. The molecular formula is C20H19N3O4S. The molecule has 7 nitrogen and oxygen atoms in total. The van der Waals surface area contributed by atoms with Gasteiger partial charge in [-0.2, -0.15) is 0 Å². The normalized spacial score (nSPS) is 23.2. The number of likely N-dealkylation sites (tertiary alicyclic amines) is 1. The van der Waals surface area contributed by atoms with Gasteiger partial charge >= 0.3 is 0 Å². The zero-order chi connectivity index (χ0) is 20.1. The van der Waals surface area contributed by atoms with Crippen molar-refractivity contribution in [3.8, 4) is 28.8 Å². The zero-order valence-corrected chi connectivity index (χ0v) is 16.3. The molecular weight excluding hydrogens is 378 g/mol. The highest BCUT2D eigenvalue weighted by Crippen LogP contribution is 2.41. The maximum Gasteiger partial charge on any atom is 0.277 e. The molecule has 3 heterocycles. The van der Waals surface area contributed by atoms with Crippen molar-refractivity contribution >= 4 is 23.2 Å². The number of fused-ring (bicyclic) bond motifs is 3. The number of nitrogens with two attached hydrogens (primary N) is 1. The Balaban J connectivity index is 1.76. The third kappa shape index (κ3) is 3.03. The number of carbonyl (C=O) groups excluding carboxylic acids is 2. The summed E-state index contributed by atoms with van der Waals surface area (Å²) in [5.41, 5.74) is 5.75. The summed E-state index contributed by atoms with van der Waals surface area (Å²) in [6.07, 6.45) is 0.277. The predicted molar refractivity (Wildman–Crippen MR) is 104 cm³/mol. The number of amides is 2. The summed E-state index contributed by atoms with van der Waals surface area (Å²) >= 11 is 1.28. The van der Waals surface area contributed by atoms with Gasteiger partial charge < -0.3 is 20.5 Å². The number of likely N-dealkylation sites (N-methyl/N-ethyl adjacent to an activating group) is 1. The molecule has 2 aromatic rings. The SMILES string of the molecule is C[C@@H]1COc2ccc(C#C[C@]3(O)CCN(C)C3=O)cc2-c2nc(C(N)=O)sc21. The zero-order valence-electron chi connectivity index (χ0n) is 15.5. The van der Waals surface area contributed by atoms with Crippen molar-refractivity contribution < 1.29 is 19.4 Å². The molecule has 3 N–H and O–H groups in total. The number of aliphatic hydroxyl groups is 1. The average Bonchev–Trinajstić information content (AvgIpc) is 3.20. The van der Waals surface area contributed by atoms with Crippen molar-refractivity contribution in [2.45, 2.75) is 24.9 Å². The van der Waals surface area contributed by atoms with Gasteiger partial charge in [-0.05, 0) is 18.2 Å². The molecule has 28 heavy (non-hydrogen) atoms. The lowest BCUT2D eigenvalue weighted by Crippen LogP contribution is -2.37. The molecule has 2 aliphatic heterocycles. The molecule has 0 saturated carbocycles. The number of rotatable bonds is 1. The lowest BCUT2D eigenvalue weighted by Gasteiger charge is -2.13. The Hall–Kier alpha value is -2.89. The van der Waals surface area contributed by atoms with Gasteiger partial charge in [-0.1, -0.05) is 18.8 Å². The Bertz CT molecular complexity index is 1050. The van der Waals surface area contributed by atoms with E-state index in [0.717, 1.165) is 10.4 Å². The van der Waals surface area contributed by atoms with Crippen LogP contribution in [0.1, 0.15) is 39.5 Å². The Morgan fingerprint density at radius 2 is 2.29 bits per heavy atom. The third-order valence-electron chi connectivity index (χ3n) is 4.96. The number of nitrogens with zero attached hydrogens (tertiary/aromatic N) is 2. The summed E-state index contributed by atoms with van der Waals surface area (Å²) in [5.74, 6) is 5.38. The van der Waals surface area contributed by atoms with Crippen molar-refractivity contribution in [2.75, 3.05) is 20.2 Å². The van der Waals surface area contributed by atoms with Crippen LogP contribution in [0.15, 0.2) is 18.2 Å². The number of benzene rings is 1. The summed E-state index contributed by atoms with van der Waals surface area (Å²) in [6, 6.07) is 5.36. The average molecular weight is 397 g/mol. The first-order chi connectivity index (χ1) is 13.3. The fourth-order valence-corrected chi connectivity index (χ4v) is 4.29. The minimum Gasteiger partial charge on any atom is -0.492 e. The maximum absolute atomic E-state index is 12.1. The Morgan fingerprint density at radius 3 is 2.96 bits per heavy atom. The smallest absolute Gasteiger partial charge is 0.277 e. The van der Waals surface area contributed by atoms with Gasteiger partial charge in [0.15, 0.2) is 5.01 Å². The molecule has 1 fully saturated rings. The van der Waals surface area contributed by atoms with Gasteiger partial charge in [0, 0.05) is 41.9 Å². The van der Waals surface area contributed by atoms with E-state index in [1.807, 2.05) is 6.92 Å². The van der Waals surface area contributed by atoms with Gasteiger partial charge in [0.05, 0.1) is 12.3 Å². The van der Waals surface area contributed by atoms with E-state index in [4.69, 9.17) is 10.5 Å². The molecule has 0 spiro atoms. The summed E-state index contributed by atoms with van der Waals surface area (Å²) in [7, 11) is 1.64. The van der Waals surface area contributed by atoms with Crippen molar-refractivity contribution in [2.24, 2.45) is 5.73 Å². The quantitative estimate of drug-likeness (QED) is 0.707. The number of primary amides is 1. The topological polar surface area (TPSA) is 106 Å². The van der Waals surface area contributed by atoms with Crippen molar-refractivity contribution in [3.05, 3.63) is 33.6 Å². The molecule has 0 radical (unpaired) electrons. The van der Waals surface area contributed by atoms with Gasteiger partial charge in [0.25, 0.3) is 11.8 Å².